The zero-order chi connectivity index (χ0) is 18.5. The van der Waals surface area contributed by atoms with Crippen molar-refractivity contribution in [2.75, 3.05) is 25.0 Å². The fraction of sp³-hybridized carbons (Fsp3) is 0.500. The highest BCUT2D eigenvalue weighted by molar-refractivity contribution is 7.89. The molecular formula is C18H24N4O2S2. The van der Waals surface area contributed by atoms with E-state index in [4.69, 9.17) is 0 Å². The van der Waals surface area contributed by atoms with Gasteiger partial charge in [0, 0.05) is 43.8 Å². The van der Waals surface area contributed by atoms with Crippen molar-refractivity contribution < 1.29 is 8.42 Å². The molecule has 2 unspecified atom stereocenters. The zero-order valence-electron chi connectivity index (χ0n) is 15.2. The largest absolute Gasteiger partial charge is 0.353 e. The van der Waals surface area contributed by atoms with E-state index in [1.807, 2.05) is 20.9 Å². The van der Waals surface area contributed by atoms with Crippen LogP contribution in [0.2, 0.25) is 0 Å². The summed E-state index contributed by atoms with van der Waals surface area (Å²) in [6.07, 6.45) is 1.67. The molecule has 4 heterocycles. The molecule has 2 aliphatic rings. The third-order valence-electron chi connectivity index (χ3n) is 5.27. The Labute approximate surface area is 159 Å². The van der Waals surface area contributed by atoms with Crippen LogP contribution in [0.25, 0.3) is 0 Å². The molecular weight excluding hydrogens is 368 g/mol. The Hall–Kier alpha value is -1.48. The molecule has 0 aromatic carbocycles. The summed E-state index contributed by atoms with van der Waals surface area (Å²) in [6.45, 7) is 6.33. The van der Waals surface area contributed by atoms with Gasteiger partial charge >= 0.3 is 0 Å². The molecule has 2 aliphatic heterocycles. The van der Waals surface area contributed by atoms with Crippen molar-refractivity contribution in [1.29, 1.82) is 0 Å². The van der Waals surface area contributed by atoms with Gasteiger partial charge in [0.2, 0.25) is 10.0 Å². The van der Waals surface area contributed by atoms with Gasteiger partial charge in [0.25, 0.3) is 0 Å². The summed E-state index contributed by atoms with van der Waals surface area (Å²) in [5.41, 5.74) is 0. The molecule has 6 nitrogen and oxygen atoms in total. The summed E-state index contributed by atoms with van der Waals surface area (Å²) in [6, 6.07) is 7.47. The highest BCUT2D eigenvalue weighted by Gasteiger charge is 2.49. The van der Waals surface area contributed by atoms with Gasteiger partial charge in [-0.25, -0.2) is 13.4 Å². The molecule has 4 rings (SSSR count). The lowest BCUT2D eigenvalue weighted by Crippen LogP contribution is -2.52. The van der Waals surface area contributed by atoms with Crippen LogP contribution in [0, 0.1) is 0 Å². The van der Waals surface area contributed by atoms with E-state index < -0.39 is 10.0 Å². The maximum Gasteiger partial charge on any atom is 0.247 e. The number of likely N-dealkylation sites (tertiary alicyclic amines) is 1. The Balaban J connectivity index is 1.75. The Morgan fingerprint density at radius 1 is 1.23 bits per heavy atom. The number of sulfonamides is 1. The summed E-state index contributed by atoms with van der Waals surface area (Å²) in [5.74, 6) is 0.559. The second kappa shape index (κ2) is 6.60. The van der Waals surface area contributed by atoms with Gasteiger partial charge in [-0.15, -0.1) is 11.3 Å². The third-order valence-corrected chi connectivity index (χ3v) is 8.25. The lowest BCUT2D eigenvalue weighted by molar-refractivity contribution is 0.250. The van der Waals surface area contributed by atoms with Crippen molar-refractivity contribution in [3.05, 3.63) is 40.7 Å². The standard InChI is InChI=1S/C18H24N4O2S2/c1-13(2)22-16-12-21(10-14-6-5-9-25-14)11-15(16)20(3)18-17(26(22,23)24)7-4-8-19-18/h4-9,13,15-16H,10-12H2,1-3H3. The monoisotopic (exact) mass is 392 g/mol. The van der Waals surface area contributed by atoms with E-state index in [2.05, 4.69) is 32.3 Å². The van der Waals surface area contributed by atoms with Crippen LogP contribution in [0.3, 0.4) is 0 Å². The van der Waals surface area contributed by atoms with Gasteiger partial charge in [-0.1, -0.05) is 6.07 Å². The molecule has 0 amide bonds. The molecule has 1 saturated heterocycles. The number of aromatic nitrogens is 1. The fourth-order valence-corrected chi connectivity index (χ4v) is 6.96. The summed E-state index contributed by atoms with van der Waals surface area (Å²) in [4.78, 5) is 10.5. The van der Waals surface area contributed by atoms with Crippen molar-refractivity contribution in [1.82, 2.24) is 14.2 Å². The van der Waals surface area contributed by atoms with Crippen LogP contribution < -0.4 is 4.90 Å². The molecule has 140 valence electrons. The number of pyridine rings is 1. The smallest absolute Gasteiger partial charge is 0.247 e. The number of rotatable bonds is 3. The summed E-state index contributed by atoms with van der Waals surface area (Å²) < 4.78 is 28.5. The number of hydrogen-bond donors (Lipinski definition) is 0. The molecule has 2 aromatic rings. The fourth-order valence-electron chi connectivity index (χ4n) is 4.19. The van der Waals surface area contributed by atoms with E-state index in [0.717, 1.165) is 19.6 Å². The van der Waals surface area contributed by atoms with E-state index in [9.17, 15) is 8.42 Å². The molecule has 8 heteroatoms. The zero-order valence-corrected chi connectivity index (χ0v) is 16.9. The first kappa shape index (κ1) is 17.9. The second-order valence-corrected chi connectivity index (χ2v) is 10.1. The number of thiophene rings is 1. The van der Waals surface area contributed by atoms with Crippen molar-refractivity contribution in [2.45, 2.75) is 43.4 Å². The lowest BCUT2D eigenvalue weighted by atomic mass is 10.1. The Morgan fingerprint density at radius 2 is 2.00 bits per heavy atom. The molecule has 0 saturated carbocycles. The molecule has 2 aromatic heterocycles. The minimum Gasteiger partial charge on any atom is -0.353 e. The number of fused-ring (bicyclic) bond motifs is 2. The topological polar surface area (TPSA) is 56.8 Å². The first-order valence-corrected chi connectivity index (χ1v) is 11.2. The highest BCUT2D eigenvalue weighted by atomic mass is 32.2. The first-order chi connectivity index (χ1) is 12.4. The van der Waals surface area contributed by atoms with E-state index in [1.165, 1.54) is 4.88 Å². The normalized spacial score (nSPS) is 25.9. The van der Waals surface area contributed by atoms with Crippen LogP contribution in [0.4, 0.5) is 5.82 Å². The highest BCUT2D eigenvalue weighted by Crippen LogP contribution is 2.37. The number of anilines is 1. The second-order valence-electron chi connectivity index (χ2n) is 7.27. The molecule has 0 radical (unpaired) electrons. The predicted molar refractivity (Wildman–Crippen MR) is 104 cm³/mol. The van der Waals surface area contributed by atoms with Gasteiger partial charge < -0.3 is 4.90 Å². The minimum absolute atomic E-state index is 0.0841. The average molecular weight is 393 g/mol. The van der Waals surface area contributed by atoms with Gasteiger partial charge in [-0.2, -0.15) is 4.31 Å². The Morgan fingerprint density at radius 3 is 2.69 bits per heavy atom. The van der Waals surface area contributed by atoms with Gasteiger partial charge in [0.1, 0.15) is 10.7 Å². The van der Waals surface area contributed by atoms with Crippen LogP contribution in [-0.2, 0) is 16.6 Å². The third kappa shape index (κ3) is 2.85. The molecule has 0 bridgehead atoms. The maximum absolute atomic E-state index is 13.4. The van der Waals surface area contributed by atoms with Crippen LogP contribution in [0.5, 0.6) is 0 Å². The quantitative estimate of drug-likeness (QED) is 0.802. The maximum atomic E-state index is 13.4. The number of nitrogens with zero attached hydrogens (tertiary/aromatic N) is 4. The molecule has 1 fully saturated rings. The van der Waals surface area contributed by atoms with Crippen LogP contribution in [0.1, 0.15) is 18.7 Å². The average Bonchev–Trinajstić information content (AvgIpc) is 3.23. The summed E-state index contributed by atoms with van der Waals surface area (Å²) in [7, 11) is -1.62. The van der Waals surface area contributed by atoms with Gasteiger partial charge in [0.05, 0.1) is 12.1 Å². The van der Waals surface area contributed by atoms with Crippen molar-refractivity contribution in [2.24, 2.45) is 0 Å². The van der Waals surface area contributed by atoms with E-state index in [0.29, 0.717) is 10.7 Å². The van der Waals surface area contributed by atoms with E-state index in [1.54, 1.807) is 34.0 Å². The number of likely N-dealkylation sites (N-methyl/N-ethyl adjacent to an activating group) is 1. The van der Waals surface area contributed by atoms with Crippen molar-refractivity contribution in [3.8, 4) is 0 Å². The van der Waals surface area contributed by atoms with Crippen molar-refractivity contribution in [3.63, 3.8) is 0 Å². The Bertz CT molecular complexity index is 882. The van der Waals surface area contributed by atoms with Crippen LogP contribution >= 0.6 is 11.3 Å². The van der Waals surface area contributed by atoms with Gasteiger partial charge in [-0.3, -0.25) is 4.90 Å². The summed E-state index contributed by atoms with van der Waals surface area (Å²) >= 11 is 1.74. The van der Waals surface area contributed by atoms with Gasteiger partial charge in [0.15, 0.2) is 0 Å². The minimum atomic E-state index is -3.59. The molecule has 0 aliphatic carbocycles. The first-order valence-electron chi connectivity index (χ1n) is 8.85. The predicted octanol–water partition coefficient (Wildman–Crippen LogP) is 2.25. The molecule has 2 atom stereocenters. The van der Waals surface area contributed by atoms with Crippen molar-refractivity contribution >= 4 is 27.2 Å². The molecule has 0 spiro atoms. The lowest BCUT2D eigenvalue weighted by Gasteiger charge is -2.34. The van der Waals surface area contributed by atoms with Crippen LogP contribution in [-0.4, -0.2) is 60.9 Å². The van der Waals surface area contributed by atoms with Crippen LogP contribution in [0.15, 0.2) is 40.7 Å². The molecule has 0 N–H and O–H groups in total. The Kier molecular flexibility index (Phi) is 4.54. The van der Waals surface area contributed by atoms with E-state index in [-0.39, 0.29) is 18.1 Å². The van der Waals surface area contributed by atoms with Gasteiger partial charge in [-0.05, 0) is 37.4 Å². The van der Waals surface area contributed by atoms with E-state index >= 15 is 0 Å². The molecule has 26 heavy (non-hydrogen) atoms. The number of hydrogen-bond acceptors (Lipinski definition) is 6. The SMILES string of the molecule is CC(C)N1C2CN(Cc3cccs3)CC2N(C)c2ncccc2S1(=O)=O. The summed E-state index contributed by atoms with van der Waals surface area (Å²) in [5, 5.41) is 2.08.